The molecule has 1 atom stereocenters. The second kappa shape index (κ2) is 7.78. The molecule has 0 aliphatic heterocycles. The molecule has 0 saturated carbocycles. The molecular formula is C17H23N3O3. The molecule has 23 heavy (non-hydrogen) atoms. The van der Waals surface area contributed by atoms with Crippen molar-refractivity contribution in [1.82, 2.24) is 9.97 Å². The maximum atomic E-state index is 10.4. The van der Waals surface area contributed by atoms with Crippen LogP contribution in [0.2, 0.25) is 0 Å². The molecule has 1 heterocycles. The summed E-state index contributed by atoms with van der Waals surface area (Å²) in [5, 5.41) is 13.5. The Kier molecular flexibility index (Phi) is 5.76. The lowest BCUT2D eigenvalue weighted by Gasteiger charge is -2.15. The first-order chi connectivity index (χ1) is 11.0. The van der Waals surface area contributed by atoms with Crippen LogP contribution in [-0.2, 0) is 0 Å². The Bertz CT molecular complexity index is 624. The van der Waals surface area contributed by atoms with Crippen molar-refractivity contribution in [2.24, 2.45) is 0 Å². The molecule has 0 saturated heterocycles. The summed E-state index contributed by atoms with van der Waals surface area (Å²) < 4.78 is 10.4. The lowest BCUT2D eigenvalue weighted by Crippen LogP contribution is -2.13. The molecule has 1 aromatic heterocycles. The number of anilines is 1. The van der Waals surface area contributed by atoms with Gasteiger partial charge in [0.25, 0.3) is 0 Å². The van der Waals surface area contributed by atoms with Gasteiger partial charge in [-0.15, -0.1) is 0 Å². The molecule has 0 radical (unpaired) electrons. The van der Waals surface area contributed by atoms with E-state index in [1.807, 2.05) is 6.07 Å². The van der Waals surface area contributed by atoms with Gasteiger partial charge in [0, 0.05) is 24.4 Å². The standard InChI is InChI=1S/C17H23N3O3/c1-11(2)15-8-17(20-10-19-15)18-9-16(21)12-5-13(22-3)7-14(6-12)23-4/h5-8,10-11,16,21H,9H2,1-4H3,(H,18,19,20)/t16-/m0/s1. The molecule has 2 aromatic rings. The number of hydrogen-bond donors (Lipinski definition) is 2. The Balaban J connectivity index is 2.07. The number of aliphatic hydroxyl groups excluding tert-OH is 1. The number of rotatable bonds is 7. The summed E-state index contributed by atoms with van der Waals surface area (Å²) in [4.78, 5) is 8.40. The van der Waals surface area contributed by atoms with Crippen LogP contribution in [0.4, 0.5) is 5.82 Å². The second-order valence-electron chi connectivity index (χ2n) is 5.53. The fourth-order valence-electron chi connectivity index (χ4n) is 2.13. The van der Waals surface area contributed by atoms with E-state index in [-0.39, 0.29) is 0 Å². The summed E-state index contributed by atoms with van der Waals surface area (Å²) in [5.74, 6) is 2.30. The zero-order chi connectivity index (χ0) is 16.8. The molecule has 0 bridgehead atoms. The average Bonchev–Trinajstić information content (AvgIpc) is 2.59. The normalized spacial score (nSPS) is 12.1. The minimum absolute atomic E-state index is 0.324. The van der Waals surface area contributed by atoms with Gasteiger partial charge < -0.3 is 19.9 Å². The lowest BCUT2D eigenvalue weighted by atomic mass is 10.1. The highest BCUT2D eigenvalue weighted by Gasteiger charge is 2.12. The summed E-state index contributed by atoms with van der Waals surface area (Å²) in [7, 11) is 3.16. The van der Waals surface area contributed by atoms with Crippen LogP contribution in [-0.4, -0.2) is 35.8 Å². The van der Waals surface area contributed by atoms with E-state index in [9.17, 15) is 5.11 Å². The van der Waals surface area contributed by atoms with Gasteiger partial charge in [0.2, 0.25) is 0 Å². The molecule has 6 heteroatoms. The Hall–Kier alpha value is -2.34. The van der Waals surface area contributed by atoms with Crippen LogP contribution in [0.25, 0.3) is 0 Å². The van der Waals surface area contributed by atoms with E-state index in [0.717, 1.165) is 5.69 Å². The van der Waals surface area contributed by atoms with Gasteiger partial charge in [-0.1, -0.05) is 13.8 Å². The maximum absolute atomic E-state index is 10.4. The number of ether oxygens (including phenoxy) is 2. The molecule has 2 N–H and O–H groups in total. The van der Waals surface area contributed by atoms with Crippen LogP contribution < -0.4 is 14.8 Å². The predicted octanol–water partition coefficient (Wildman–Crippen LogP) is 2.76. The van der Waals surface area contributed by atoms with E-state index in [1.54, 1.807) is 32.4 Å². The van der Waals surface area contributed by atoms with Crippen LogP contribution in [0.15, 0.2) is 30.6 Å². The Morgan fingerprint density at radius 2 is 1.70 bits per heavy atom. The third-order valence-corrected chi connectivity index (χ3v) is 3.51. The summed E-state index contributed by atoms with van der Waals surface area (Å²) >= 11 is 0. The molecule has 124 valence electrons. The zero-order valence-corrected chi connectivity index (χ0v) is 13.9. The highest BCUT2D eigenvalue weighted by Crippen LogP contribution is 2.26. The van der Waals surface area contributed by atoms with Crippen LogP contribution in [0.1, 0.15) is 37.1 Å². The van der Waals surface area contributed by atoms with Gasteiger partial charge in [0.1, 0.15) is 23.6 Å². The van der Waals surface area contributed by atoms with Gasteiger partial charge in [-0.25, -0.2) is 9.97 Å². The highest BCUT2D eigenvalue weighted by molar-refractivity contribution is 5.41. The van der Waals surface area contributed by atoms with Crippen LogP contribution in [0.3, 0.4) is 0 Å². The Morgan fingerprint density at radius 3 is 2.26 bits per heavy atom. The number of aliphatic hydroxyl groups is 1. The molecule has 6 nitrogen and oxygen atoms in total. The number of benzene rings is 1. The van der Waals surface area contributed by atoms with Crippen molar-refractivity contribution in [3.8, 4) is 11.5 Å². The molecule has 0 aliphatic carbocycles. The number of nitrogens with zero attached hydrogens (tertiary/aromatic N) is 2. The van der Waals surface area contributed by atoms with E-state index in [1.165, 1.54) is 6.33 Å². The number of aromatic nitrogens is 2. The summed E-state index contributed by atoms with van der Waals surface area (Å²) in [6.07, 6.45) is 0.815. The smallest absolute Gasteiger partial charge is 0.129 e. The van der Waals surface area contributed by atoms with Crippen molar-refractivity contribution in [1.29, 1.82) is 0 Å². The van der Waals surface area contributed by atoms with Crippen LogP contribution >= 0.6 is 0 Å². The molecule has 2 rings (SSSR count). The van der Waals surface area contributed by atoms with Crippen molar-refractivity contribution in [3.05, 3.63) is 41.9 Å². The summed E-state index contributed by atoms with van der Waals surface area (Å²) in [6, 6.07) is 7.23. The quantitative estimate of drug-likeness (QED) is 0.818. The first-order valence-corrected chi connectivity index (χ1v) is 7.50. The largest absolute Gasteiger partial charge is 0.497 e. The minimum atomic E-state index is -0.712. The lowest BCUT2D eigenvalue weighted by molar-refractivity contribution is 0.190. The maximum Gasteiger partial charge on any atom is 0.129 e. The van der Waals surface area contributed by atoms with Crippen LogP contribution in [0.5, 0.6) is 11.5 Å². The molecule has 0 fully saturated rings. The number of nitrogens with one attached hydrogen (secondary N) is 1. The zero-order valence-electron chi connectivity index (χ0n) is 13.9. The summed E-state index contributed by atoms with van der Waals surface area (Å²) in [6.45, 7) is 4.47. The minimum Gasteiger partial charge on any atom is -0.497 e. The summed E-state index contributed by atoms with van der Waals surface area (Å²) in [5.41, 5.74) is 1.67. The molecule has 0 amide bonds. The van der Waals surface area contributed by atoms with Gasteiger partial charge in [0.15, 0.2) is 0 Å². The third kappa shape index (κ3) is 4.56. The van der Waals surface area contributed by atoms with E-state index in [0.29, 0.717) is 35.3 Å². The second-order valence-corrected chi connectivity index (χ2v) is 5.53. The fraction of sp³-hybridized carbons (Fsp3) is 0.412. The van der Waals surface area contributed by atoms with Gasteiger partial charge >= 0.3 is 0 Å². The van der Waals surface area contributed by atoms with Gasteiger partial charge in [0.05, 0.1) is 20.3 Å². The third-order valence-electron chi connectivity index (χ3n) is 3.51. The molecule has 1 aromatic carbocycles. The predicted molar refractivity (Wildman–Crippen MR) is 89.1 cm³/mol. The molecular weight excluding hydrogens is 294 g/mol. The molecule has 0 unspecified atom stereocenters. The van der Waals surface area contributed by atoms with Crippen LogP contribution in [0, 0.1) is 0 Å². The van der Waals surface area contributed by atoms with Crippen molar-refractivity contribution < 1.29 is 14.6 Å². The van der Waals surface area contributed by atoms with Gasteiger partial charge in [-0.05, 0) is 23.6 Å². The van der Waals surface area contributed by atoms with Crippen molar-refractivity contribution in [2.75, 3.05) is 26.1 Å². The SMILES string of the molecule is COc1cc(OC)cc([C@@H](O)CNc2cc(C(C)C)ncn2)c1. The van der Waals surface area contributed by atoms with E-state index in [2.05, 4.69) is 29.1 Å². The van der Waals surface area contributed by atoms with Crippen molar-refractivity contribution in [3.63, 3.8) is 0 Å². The van der Waals surface area contributed by atoms with E-state index in [4.69, 9.17) is 9.47 Å². The van der Waals surface area contributed by atoms with Gasteiger partial charge in [-0.2, -0.15) is 0 Å². The Morgan fingerprint density at radius 1 is 1.04 bits per heavy atom. The number of methoxy groups -OCH3 is 2. The van der Waals surface area contributed by atoms with Gasteiger partial charge in [-0.3, -0.25) is 0 Å². The fourth-order valence-corrected chi connectivity index (χ4v) is 2.13. The first-order valence-electron chi connectivity index (χ1n) is 7.50. The van der Waals surface area contributed by atoms with E-state index < -0.39 is 6.10 Å². The van der Waals surface area contributed by atoms with E-state index >= 15 is 0 Å². The topological polar surface area (TPSA) is 76.5 Å². The average molecular weight is 317 g/mol. The molecule has 0 spiro atoms. The van der Waals surface area contributed by atoms with Crippen molar-refractivity contribution in [2.45, 2.75) is 25.9 Å². The first kappa shape index (κ1) is 17.0. The monoisotopic (exact) mass is 317 g/mol. The van der Waals surface area contributed by atoms with Crippen molar-refractivity contribution >= 4 is 5.82 Å². The molecule has 0 aliphatic rings. The highest BCUT2D eigenvalue weighted by atomic mass is 16.5. The Labute approximate surface area is 136 Å². The number of hydrogen-bond acceptors (Lipinski definition) is 6.